The Morgan fingerprint density at radius 3 is 2.42 bits per heavy atom. The molecule has 2 heterocycles. The van der Waals surface area contributed by atoms with Crippen LogP contribution in [0.5, 0.6) is 0 Å². The first kappa shape index (κ1) is 22.9. The number of thiophene rings is 1. The number of rotatable bonds is 9. The van der Waals surface area contributed by atoms with Crippen LogP contribution in [-0.4, -0.2) is 39.0 Å². The molecule has 8 heteroatoms. The summed E-state index contributed by atoms with van der Waals surface area (Å²) < 4.78 is 0. The largest absolute Gasteiger partial charge is 0.370 e. The molecule has 33 heavy (non-hydrogen) atoms. The molecule has 0 atom stereocenters. The summed E-state index contributed by atoms with van der Waals surface area (Å²) in [6.45, 7) is 2.59. The average molecular weight is 477 g/mol. The van der Waals surface area contributed by atoms with Crippen LogP contribution in [0.4, 0.5) is 0 Å². The number of nitrogens with two attached hydrogens (primary N) is 1. The number of aryl methyl sites for hydroxylation is 1. The summed E-state index contributed by atoms with van der Waals surface area (Å²) in [7, 11) is 0. The molecule has 0 spiro atoms. The Kier molecular flexibility index (Phi) is 7.36. The fourth-order valence-electron chi connectivity index (χ4n) is 3.41. The van der Waals surface area contributed by atoms with Crippen molar-refractivity contribution in [2.75, 3.05) is 12.3 Å². The van der Waals surface area contributed by atoms with Gasteiger partial charge in [-0.25, -0.2) is 9.97 Å². The Morgan fingerprint density at radius 2 is 1.73 bits per heavy atom. The molecular formula is C25H24N4O2S2. The minimum absolute atomic E-state index is 0.0620. The van der Waals surface area contributed by atoms with E-state index in [-0.39, 0.29) is 18.1 Å². The number of hydrogen-bond acceptors (Lipinski definition) is 6. The maximum Gasteiger partial charge on any atom is 0.233 e. The number of carbonyl (C=O) groups is 2. The smallest absolute Gasteiger partial charge is 0.233 e. The van der Waals surface area contributed by atoms with Gasteiger partial charge in [-0.2, -0.15) is 0 Å². The highest BCUT2D eigenvalue weighted by molar-refractivity contribution is 8.00. The summed E-state index contributed by atoms with van der Waals surface area (Å²) in [6.07, 6.45) is 0.130. The minimum Gasteiger partial charge on any atom is -0.370 e. The number of aromatic nitrogens is 2. The van der Waals surface area contributed by atoms with Gasteiger partial charge in [0.1, 0.15) is 15.7 Å². The molecule has 2 amide bonds. The van der Waals surface area contributed by atoms with Gasteiger partial charge in [0.05, 0.1) is 5.75 Å². The van der Waals surface area contributed by atoms with Gasteiger partial charge in [-0.15, -0.1) is 11.3 Å². The zero-order valence-corrected chi connectivity index (χ0v) is 19.9. The van der Waals surface area contributed by atoms with Crippen LogP contribution in [0.2, 0.25) is 0 Å². The normalized spacial score (nSPS) is 10.9. The molecule has 0 aliphatic heterocycles. The lowest BCUT2D eigenvalue weighted by molar-refractivity contribution is -0.129. The highest BCUT2D eigenvalue weighted by Crippen LogP contribution is 2.36. The Bertz CT molecular complexity index is 1260. The second-order valence-electron chi connectivity index (χ2n) is 7.58. The molecule has 4 aromatic rings. The van der Waals surface area contributed by atoms with Crippen LogP contribution in [-0.2, 0) is 16.1 Å². The molecule has 0 saturated heterocycles. The van der Waals surface area contributed by atoms with E-state index in [0.29, 0.717) is 18.9 Å². The van der Waals surface area contributed by atoms with Crippen molar-refractivity contribution >= 4 is 45.1 Å². The van der Waals surface area contributed by atoms with Gasteiger partial charge in [0.2, 0.25) is 11.8 Å². The Morgan fingerprint density at radius 1 is 1.03 bits per heavy atom. The molecule has 168 valence electrons. The zero-order valence-electron chi connectivity index (χ0n) is 18.2. The van der Waals surface area contributed by atoms with E-state index in [2.05, 4.69) is 28.2 Å². The molecule has 4 rings (SSSR count). The lowest BCUT2D eigenvalue weighted by atomic mass is 10.2. The van der Waals surface area contributed by atoms with E-state index in [1.807, 2.05) is 55.5 Å². The van der Waals surface area contributed by atoms with E-state index in [9.17, 15) is 9.59 Å². The number of thioether (sulfide) groups is 1. The molecule has 0 radical (unpaired) electrons. The fraction of sp³-hybridized carbons (Fsp3) is 0.200. The van der Waals surface area contributed by atoms with Crippen molar-refractivity contribution < 1.29 is 9.59 Å². The van der Waals surface area contributed by atoms with Crippen molar-refractivity contribution in [2.24, 2.45) is 5.73 Å². The van der Waals surface area contributed by atoms with E-state index < -0.39 is 5.91 Å². The van der Waals surface area contributed by atoms with Gasteiger partial charge in [0.15, 0.2) is 0 Å². The number of amides is 2. The van der Waals surface area contributed by atoms with E-state index in [4.69, 9.17) is 5.73 Å². The van der Waals surface area contributed by atoms with Crippen molar-refractivity contribution in [3.63, 3.8) is 0 Å². The van der Waals surface area contributed by atoms with Gasteiger partial charge in [0.25, 0.3) is 0 Å². The van der Waals surface area contributed by atoms with Crippen LogP contribution in [0.15, 0.2) is 71.8 Å². The minimum atomic E-state index is -0.423. The van der Waals surface area contributed by atoms with Crippen LogP contribution >= 0.6 is 23.1 Å². The standard InChI is InChI=1S/C25H24N4O2S2/c1-17-27-24(20-14-21(33-25(20)28-17)19-10-6-3-7-11-19)32-16-23(31)29(13-12-22(26)30)15-18-8-4-2-5-9-18/h2-11,14H,12-13,15-16H2,1H3,(H2,26,30). The van der Waals surface area contributed by atoms with Gasteiger partial charge in [-0.05, 0) is 24.1 Å². The summed E-state index contributed by atoms with van der Waals surface area (Å²) in [4.78, 5) is 37.3. The Labute approximate surface area is 200 Å². The highest BCUT2D eigenvalue weighted by Gasteiger charge is 2.18. The molecule has 0 fully saturated rings. The maximum absolute atomic E-state index is 13.1. The summed E-state index contributed by atoms with van der Waals surface area (Å²) in [6, 6.07) is 22.0. The topological polar surface area (TPSA) is 89.2 Å². The first-order valence-electron chi connectivity index (χ1n) is 10.6. The second kappa shape index (κ2) is 10.6. The van der Waals surface area contributed by atoms with Gasteiger partial charge in [-0.3, -0.25) is 9.59 Å². The first-order valence-corrected chi connectivity index (χ1v) is 12.4. The predicted molar refractivity (Wildman–Crippen MR) is 134 cm³/mol. The molecular weight excluding hydrogens is 452 g/mol. The molecule has 0 saturated carbocycles. The zero-order chi connectivity index (χ0) is 23.2. The molecule has 0 bridgehead atoms. The first-order chi connectivity index (χ1) is 16.0. The summed E-state index contributed by atoms with van der Waals surface area (Å²) in [5.41, 5.74) is 7.47. The van der Waals surface area contributed by atoms with Gasteiger partial charge in [0, 0.05) is 29.8 Å². The number of hydrogen-bond donors (Lipinski definition) is 1. The molecule has 0 aliphatic carbocycles. The number of nitrogens with zero attached hydrogens (tertiary/aromatic N) is 3. The van der Waals surface area contributed by atoms with Crippen LogP contribution in [0.3, 0.4) is 0 Å². The SMILES string of the molecule is Cc1nc(SCC(=O)N(CCC(N)=O)Cc2ccccc2)c2cc(-c3ccccc3)sc2n1. The van der Waals surface area contributed by atoms with Crippen LogP contribution in [0.25, 0.3) is 20.7 Å². The summed E-state index contributed by atoms with van der Waals surface area (Å²) in [5.74, 6) is 0.406. The lowest BCUT2D eigenvalue weighted by Crippen LogP contribution is -2.34. The number of fused-ring (bicyclic) bond motifs is 1. The monoisotopic (exact) mass is 476 g/mol. The van der Waals surface area contributed by atoms with E-state index >= 15 is 0 Å². The molecule has 2 N–H and O–H groups in total. The molecule has 6 nitrogen and oxygen atoms in total. The van der Waals surface area contributed by atoms with Gasteiger partial charge in [-0.1, -0.05) is 72.4 Å². The number of benzene rings is 2. The summed E-state index contributed by atoms with van der Waals surface area (Å²) in [5, 5.41) is 1.74. The molecule has 2 aromatic heterocycles. The summed E-state index contributed by atoms with van der Waals surface area (Å²) >= 11 is 3.02. The Hall–Kier alpha value is -3.23. The van der Waals surface area contributed by atoms with Crippen molar-refractivity contribution in [1.29, 1.82) is 0 Å². The van der Waals surface area contributed by atoms with Crippen molar-refractivity contribution in [1.82, 2.24) is 14.9 Å². The quantitative estimate of drug-likeness (QED) is 0.280. The van der Waals surface area contributed by atoms with Gasteiger partial charge < -0.3 is 10.6 Å². The fourth-order valence-corrected chi connectivity index (χ4v) is 5.51. The highest BCUT2D eigenvalue weighted by atomic mass is 32.2. The van der Waals surface area contributed by atoms with Crippen molar-refractivity contribution in [3.8, 4) is 10.4 Å². The van der Waals surface area contributed by atoms with Crippen molar-refractivity contribution in [3.05, 3.63) is 78.1 Å². The Balaban J connectivity index is 1.53. The van der Waals surface area contributed by atoms with Crippen molar-refractivity contribution in [2.45, 2.75) is 24.9 Å². The van der Waals surface area contributed by atoms with E-state index in [1.54, 1.807) is 16.2 Å². The van der Waals surface area contributed by atoms with E-state index in [0.717, 1.165) is 31.2 Å². The average Bonchev–Trinajstić information content (AvgIpc) is 3.25. The lowest BCUT2D eigenvalue weighted by Gasteiger charge is -2.22. The third-order valence-electron chi connectivity index (χ3n) is 5.06. The van der Waals surface area contributed by atoms with Gasteiger partial charge >= 0.3 is 0 Å². The third kappa shape index (κ3) is 5.97. The van der Waals surface area contributed by atoms with Crippen LogP contribution in [0, 0.1) is 6.92 Å². The van der Waals surface area contributed by atoms with Crippen LogP contribution in [0.1, 0.15) is 17.8 Å². The molecule has 0 aliphatic rings. The molecule has 0 unspecified atom stereocenters. The maximum atomic E-state index is 13.1. The van der Waals surface area contributed by atoms with Crippen LogP contribution < -0.4 is 5.73 Å². The van der Waals surface area contributed by atoms with E-state index in [1.165, 1.54) is 11.8 Å². The number of primary amides is 1. The second-order valence-corrected chi connectivity index (χ2v) is 9.57. The predicted octanol–water partition coefficient (Wildman–Crippen LogP) is 4.66. The molecule has 2 aromatic carbocycles. The number of carbonyl (C=O) groups excluding carboxylic acids is 2. The third-order valence-corrected chi connectivity index (χ3v) is 7.11.